The molecule has 0 aliphatic carbocycles. The lowest BCUT2D eigenvalue weighted by atomic mass is 10.3. The Bertz CT molecular complexity index is 473. The highest BCUT2D eigenvalue weighted by molar-refractivity contribution is 6.16. The van der Waals surface area contributed by atoms with Gasteiger partial charge in [0, 0.05) is 25.1 Å². The lowest BCUT2D eigenvalue weighted by Gasteiger charge is -2.19. The molecule has 0 aliphatic rings. The van der Waals surface area contributed by atoms with E-state index in [4.69, 9.17) is 11.6 Å². The Labute approximate surface area is 106 Å². The fraction of sp³-hybridized carbons (Fsp3) is 0.231. The Kier molecular flexibility index (Phi) is 3.94. The molecule has 0 aliphatic heterocycles. The molecule has 2 aromatic heterocycles. The Morgan fingerprint density at radius 2 is 1.94 bits per heavy atom. The van der Waals surface area contributed by atoms with E-state index in [2.05, 4.69) is 14.9 Å². The first-order valence-electron chi connectivity index (χ1n) is 5.41. The molecule has 0 amide bonds. The van der Waals surface area contributed by atoms with Gasteiger partial charge in [-0.3, -0.25) is 9.97 Å². The number of aromatic nitrogens is 2. The van der Waals surface area contributed by atoms with Gasteiger partial charge >= 0.3 is 0 Å². The van der Waals surface area contributed by atoms with Crippen molar-refractivity contribution in [3.05, 3.63) is 54.1 Å². The number of hydrogen-bond donors (Lipinski definition) is 0. The van der Waals surface area contributed by atoms with Crippen LogP contribution in [-0.4, -0.2) is 17.0 Å². The van der Waals surface area contributed by atoms with Crippen molar-refractivity contribution >= 4 is 17.3 Å². The van der Waals surface area contributed by atoms with Crippen LogP contribution in [0.2, 0.25) is 0 Å². The zero-order valence-corrected chi connectivity index (χ0v) is 10.4. The molecule has 2 heterocycles. The minimum Gasteiger partial charge on any atom is -0.369 e. The van der Waals surface area contributed by atoms with Crippen LogP contribution < -0.4 is 4.90 Å². The summed E-state index contributed by atoms with van der Waals surface area (Å²) in [6, 6.07) is 9.89. The maximum absolute atomic E-state index is 5.77. The molecule has 0 saturated carbocycles. The second kappa shape index (κ2) is 5.64. The van der Waals surface area contributed by atoms with Crippen molar-refractivity contribution in [1.82, 2.24) is 9.97 Å². The third-order valence-electron chi connectivity index (χ3n) is 2.50. The maximum atomic E-state index is 5.77. The number of alkyl halides is 1. The zero-order valence-electron chi connectivity index (χ0n) is 9.68. The van der Waals surface area contributed by atoms with Crippen LogP contribution in [0.3, 0.4) is 0 Å². The average molecular weight is 248 g/mol. The van der Waals surface area contributed by atoms with E-state index in [0.717, 1.165) is 23.6 Å². The predicted octanol–water partition coefficient (Wildman–Crippen LogP) is 2.85. The normalized spacial score (nSPS) is 10.2. The Morgan fingerprint density at radius 3 is 2.65 bits per heavy atom. The summed E-state index contributed by atoms with van der Waals surface area (Å²) in [5.41, 5.74) is 3.03. The topological polar surface area (TPSA) is 29.0 Å². The van der Waals surface area contributed by atoms with E-state index in [0.29, 0.717) is 5.88 Å². The molecule has 17 heavy (non-hydrogen) atoms. The first-order valence-corrected chi connectivity index (χ1v) is 5.95. The molecular weight excluding hydrogens is 234 g/mol. The van der Waals surface area contributed by atoms with Crippen LogP contribution in [0.25, 0.3) is 0 Å². The van der Waals surface area contributed by atoms with Crippen molar-refractivity contribution in [2.45, 2.75) is 12.4 Å². The van der Waals surface area contributed by atoms with E-state index < -0.39 is 0 Å². The summed E-state index contributed by atoms with van der Waals surface area (Å²) < 4.78 is 0. The van der Waals surface area contributed by atoms with Gasteiger partial charge in [-0.25, -0.2) is 0 Å². The summed E-state index contributed by atoms with van der Waals surface area (Å²) >= 11 is 5.77. The monoisotopic (exact) mass is 247 g/mol. The van der Waals surface area contributed by atoms with Gasteiger partial charge in [0.2, 0.25) is 0 Å². The molecule has 0 spiro atoms. The molecule has 2 rings (SSSR count). The van der Waals surface area contributed by atoms with Crippen LogP contribution >= 0.6 is 11.6 Å². The molecule has 0 radical (unpaired) electrons. The first kappa shape index (κ1) is 11.9. The average Bonchev–Trinajstić information content (AvgIpc) is 2.40. The van der Waals surface area contributed by atoms with E-state index in [1.807, 2.05) is 37.4 Å². The summed E-state index contributed by atoms with van der Waals surface area (Å²) in [4.78, 5) is 10.6. The van der Waals surface area contributed by atoms with Gasteiger partial charge in [0.25, 0.3) is 0 Å². The van der Waals surface area contributed by atoms with E-state index in [1.165, 1.54) is 0 Å². The number of hydrogen-bond acceptors (Lipinski definition) is 3. The van der Waals surface area contributed by atoms with Crippen molar-refractivity contribution in [2.24, 2.45) is 0 Å². The lowest BCUT2D eigenvalue weighted by Crippen LogP contribution is -2.17. The summed E-state index contributed by atoms with van der Waals surface area (Å²) in [7, 11) is 2.03. The van der Waals surface area contributed by atoms with Crippen LogP contribution in [0.1, 0.15) is 11.4 Å². The van der Waals surface area contributed by atoms with Gasteiger partial charge in [-0.1, -0.05) is 6.07 Å². The smallest absolute Gasteiger partial charge is 0.0648 e. The minimum atomic E-state index is 0.436. The van der Waals surface area contributed by atoms with E-state index >= 15 is 0 Å². The molecule has 0 N–H and O–H groups in total. The Hall–Kier alpha value is -1.61. The fourth-order valence-electron chi connectivity index (χ4n) is 1.60. The van der Waals surface area contributed by atoms with Crippen molar-refractivity contribution in [3.63, 3.8) is 0 Å². The third-order valence-corrected chi connectivity index (χ3v) is 2.78. The highest BCUT2D eigenvalue weighted by Gasteiger charge is 2.03. The third kappa shape index (κ3) is 3.17. The molecule has 88 valence electrons. The van der Waals surface area contributed by atoms with Gasteiger partial charge < -0.3 is 4.90 Å². The molecule has 0 aromatic carbocycles. The number of pyridine rings is 2. The summed E-state index contributed by atoms with van der Waals surface area (Å²) in [6.45, 7) is 0.770. The second-order valence-corrected chi connectivity index (χ2v) is 4.08. The Balaban J connectivity index is 2.11. The molecular formula is C13H14ClN3. The number of rotatable bonds is 4. The highest BCUT2D eigenvalue weighted by atomic mass is 35.5. The standard InChI is InChI=1S/C13H14ClN3/c1-17(10-11-4-2-3-6-15-11)13-5-7-16-12(8-13)9-14/h2-8H,9-10H2,1H3. The van der Waals surface area contributed by atoms with Crippen molar-refractivity contribution < 1.29 is 0 Å². The molecule has 0 fully saturated rings. The fourth-order valence-corrected chi connectivity index (χ4v) is 1.75. The molecule has 2 aromatic rings. The summed E-state index contributed by atoms with van der Waals surface area (Å²) in [5, 5.41) is 0. The van der Waals surface area contributed by atoms with E-state index in [9.17, 15) is 0 Å². The highest BCUT2D eigenvalue weighted by Crippen LogP contribution is 2.15. The number of nitrogens with zero attached hydrogens (tertiary/aromatic N) is 3. The van der Waals surface area contributed by atoms with Crippen LogP contribution in [0, 0.1) is 0 Å². The Morgan fingerprint density at radius 1 is 1.12 bits per heavy atom. The van der Waals surface area contributed by atoms with Gasteiger partial charge in [-0.15, -0.1) is 11.6 Å². The van der Waals surface area contributed by atoms with E-state index in [-0.39, 0.29) is 0 Å². The van der Waals surface area contributed by atoms with Gasteiger partial charge in [-0.2, -0.15) is 0 Å². The van der Waals surface area contributed by atoms with Gasteiger partial charge in [0.05, 0.1) is 23.8 Å². The second-order valence-electron chi connectivity index (χ2n) is 3.82. The van der Waals surface area contributed by atoms with Crippen LogP contribution in [0.4, 0.5) is 5.69 Å². The quantitative estimate of drug-likeness (QED) is 0.778. The zero-order chi connectivity index (χ0) is 12.1. The van der Waals surface area contributed by atoms with Gasteiger partial charge in [0.15, 0.2) is 0 Å². The maximum Gasteiger partial charge on any atom is 0.0648 e. The SMILES string of the molecule is CN(Cc1ccccn1)c1ccnc(CCl)c1. The molecule has 0 unspecified atom stereocenters. The van der Waals surface area contributed by atoms with Gasteiger partial charge in [-0.05, 0) is 24.3 Å². The predicted molar refractivity (Wildman–Crippen MR) is 70.1 cm³/mol. The lowest BCUT2D eigenvalue weighted by molar-refractivity contribution is 0.881. The van der Waals surface area contributed by atoms with Crippen molar-refractivity contribution in [1.29, 1.82) is 0 Å². The van der Waals surface area contributed by atoms with Crippen LogP contribution in [-0.2, 0) is 12.4 Å². The molecule has 0 saturated heterocycles. The molecule has 0 atom stereocenters. The van der Waals surface area contributed by atoms with Crippen LogP contribution in [0.5, 0.6) is 0 Å². The van der Waals surface area contributed by atoms with Crippen molar-refractivity contribution in [3.8, 4) is 0 Å². The molecule has 3 nitrogen and oxygen atoms in total. The summed E-state index contributed by atoms with van der Waals surface area (Å²) in [5.74, 6) is 0.436. The largest absolute Gasteiger partial charge is 0.369 e. The minimum absolute atomic E-state index is 0.436. The molecule has 4 heteroatoms. The number of anilines is 1. The first-order chi connectivity index (χ1) is 8.29. The van der Waals surface area contributed by atoms with Crippen LogP contribution in [0.15, 0.2) is 42.7 Å². The number of halogens is 1. The van der Waals surface area contributed by atoms with Gasteiger partial charge in [0.1, 0.15) is 0 Å². The molecule has 0 bridgehead atoms. The van der Waals surface area contributed by atoms with E-state index in [1.54, 1.807) is 12.4 Å². The summed E-state index contributed by atoms with van der Waals surface area (Å²) in [6.07, 6.45) is 3.59. The van der Waals surface area contributed by atoms with Crippen molar-refractivity contribution in [2.75, 3.05) is 11.9 Å².